The maximum absolute atomic E-state index is 4.43. The molecule has 2 aromatic heterocycles. The molecule has 17 heavy (non-hydrogen) atoms. The Morgan fingerprint density at radius 3 is 2.94 bits per heavy atom. The number of H-pyrrole nitrogens is 1. The van der Waals surface area contributed by atoms with Gasteiger partial charge in [-0.1, -0.05) is 0 Å². The second kappa shape index (κ2) is 4.78. The van der Waals surface area contributed by atoms with Crippen molar-refractivity contribution >= 4 is 45.1 Å². The van der Waals surface area contributed by atoms with Crippen LogP contribution in [0, 0.1) is 0 Å². The monoisotopic (exact) mass is 312 g/mol. The van der Waals surface area contributed by atoms with Crippen molar-refractivity contribution in [3.05, 3.63) is 22.4 Å². The van der Waals surface area contributed by atoms with Crippen molar-refractivity contribution in [1.29, 1.82) is 0 Å². The average molecular weight is 313 g/mol. The van der Waals surface area contributed by atoms with Gasteiger partial charge >= 0.3 is 0 Å². The summed E-state index contributed by atoms with van der Waals surface area (Å²) in [5, 5.41) is 7.77. The highest BCUT2D eigenvalue weighted by atomic mass is 79.9. The van der Waals surface area contributed by atoms with Crippen molar-refractivity contribution in [2.75, 3.05) is 0 Å². The van der Waals surface area contributed by atoms with Crippen molar-refractivity contribution in [1.82, 2.24) is 15.2 Å². The van der Waals surface area contributed by atoms with Crippen molar-refractivity contribution in [2.24, 2.45) is 4.40 Å². The van der Waals surface area contributed by atoms with Crippen molar-refractivity contribution in [2.45, 2.75) is 25.5 Å². The molecule has 0 aliphatic heterocycles. The predicted molar refractivity (Wildman–Crippen MR) is 76.5 cm³/mol. The Balaban J connectivity index is 2.26. The Bertz CT molecular complexity index is 556. The van der Waals surface area contributed by atoms with Gasteiger partial charge in [0.1, 0.15) is 0 Å². The second-order valence-corrected chi connectivity index (χ2v) is 7.07. The van der Waals surface area contributed by atoms with Gasteiger partial charge in [-0.05, 0) is 54.7 Å². The lowest BCUT2D eigenvalue weighted by Crippen LogP contribution is -2.05. The van der Waals surface area contributed by atoms with E-state index in [9.17, 15) is 0 Å². The van der Waals surface area contributed by atoms with E-state index in [0.29, 0.717) is 0 Å². The fourth-order valence-corrected chi connectivity index (χ4v) is 2.10. The Labute approximate surface area is 113 Å². The van der Waals surface area contributed by atoms with Gasteiger partial charge in [0.15, 0.2) is 5.65 Å². The summed E-state index contributed by atoms with van der Waals surface area (Å²) in [5.74, 6) is 0. The number of fused-ring (bicyclic) bond motifs is 1. The van der Waals surface area contributed by atoms with Crippen LogP contribution in [0.1, 0.15) is 26.5 Å². The Kier molecular flexibility index (Phi) is 3.53. The smallest absolute Gasteiger partial charge is 0.155 e. The first-order valence-corrected chi connectivity index (χ1v) is 6.73. The van der Waals surface area contributed by atoms with E-state index in [0.717, 1.165) is 21.2 Å². The number of aromatic nitrogens is 3. The molecule has 0 unspecified atom stereocenters. The van der Waals surface area contributed by atoms with E-state index in [1.54, 1.807) is 12.4 Å². The molecule has 0 saturated carbocycles. The van der Waals surface area contributed by atoms with Crippen LogP contribution in [0.2, 0.25) is 0 Å². The maximum atomic E-state index is 4.43. The number of halogens is 1. The lowest BCUT2D eigenvalue weighted by Gasteiger charge is -2.12. The van der Waals surface area contributed by atoms with Crippen LogP contribution in [-0.2, 0) is 0 Å². The number of pyridine rings is 1. The molecule has 4 nitrogen and oxygen atoms in total. The molecule has 0 amide bonds. The van der Waals surface area contributed by atoms with E-state index >= 15 is 0 Å². The Morgan fingerprint density at radius 2 is 2.24 bits per heavy atom. The zero-order valence-electron chi connectivity index (χ0n) is 9.86. The minimum absolute atomic E-state index is 0.112. The van der Waals surface area contributed by atoms with Gasteiger partial charge in [0.05, 0.1) is 18.1 Å². The summed E-state index contributed by atoms with van der Waals surface area (Å²) in [4.78, 5) is 4.43. The van der Waals surface area contributed by atoms with Crippen molar-refractivity contribution in [3.8, 4) is 0 Å². The quantitative estimate of drug-likeness (QED) is 0.681. The molecule has 2 rings (SSSR count). The first-order valence-electron chi connectivity index (χ1n) is 5.17. The van der Waals surface area contributed by atoms with Crippen LogP contribution in [0.15, 0.2) is 21.1 Å². The first-order chi connectivity index (χ1) is 7.96. The molecule has 0 saturated heterocycles. The second-order valence-electron chi connectivity index (χ2n) is 4.60. The third kappa shape index (κ3) is 3.29. The van der Waals surface area contributed by atoms with Gasteiger partial charge in [-0.25, -0.2) is 9.38 Å². The fourth-order valence-electron chi connectivity index (χ4n) is 1.19. The molecule has 0 aliphatic carbocycles. The number of nitrogens with one attached hydrogen (secondary N) is 1. The molecule has 0 aliphatic rings. The molecule has 0 spiro atoms. The summed E-state index contributed by atoms with van der Waals surface area (Å²) in [5.41, 5.74) is 1.58. The molecule has 2 heterocycles. The lowest BCUT2D eigenvalue weighted by molar-refractivity contribution is 0.804. The molecule has 0 bridgehead atoms. The van der Waals surface area contributed by atoms with E-state index < -0.39 is 0 Å². The zero-order valence-corrected chi connectivity index (χ0v) is 12.3. The molecular formula is C11H13BrN4S. The lowest BCUT2D eigenvalue weighted by atomic mass is 10.3. The summed E-state index contributed by atoms with van der Waals surface area (Å²) < 4.78 is 5.36. The first kappa shape index (κ1) is 12.6. The summed E-state index contributed by atoms with van der Waals surface area (Å²) in [6.07, 6.45) is 3.51. The van der Waals surface area contributed by atoms with Crippen LogP contribution >= 0.6 is 27.9 Å². The van der Waals surface area contributed by atoms with E-state index in [2.05, 4.69) is 56.3 Å². The van der Waals surface area contributed by atoms with Crippen molar-refractivity contribution < 1.29 is 0 Å². The molecule has 0 atom stereocenters. The molecule has 1 N–H and O–H groups in total. The predicted octanol–water partition coefficient (Wildman–Crippen LogP) is 3.59. The van der Waals surface area contributed by atoms with E-state index in [4.69, 9.17) is 0 Å². The molecule has 90 valence electrons. The van der Waals surface area contributed by atoms with Gasteiger partial charge < -0.3 is 0 Å². The normalized spacial score (nSPS) is 12.7. The molecule has 0 radical (unpaired) electrons. The molecule has 0 fully saturated rings. The topological polar surface area (TPSA) is 53.9 Å². The van der Waals surface area contributed by atoms with Gasteiger partial charge in [0.25, 0.3) is 0 Å². The number of nitrogens with zero attached hydrogens (tertiary/aromatic N) is 3. The number of aromatic amines is 1. The van der Waals surface area contributed by atoms with E-state index in [-0.39, 0.29) is 4.75 Å². The molecule has 0 aromatic carbocycles. The SMILES string of the molecule is CC(C)(C)S/N=C/c1nc2[nH]ncc2cc1Br. The molecular weight excluding hydrogens is 300 g/mol. The van der Waals surface area contributed by atoms with E-state index in [1.807, 2.05) is 6.07 Å². The van der Waals surface area contributed by atoms with Crippen LogP contribution in [0.3, 0.4) is 0 Å². The average Bonchev–Trinajstić information content (AvgIpc) is 2.63. The third-order valence-corrected chi connectivity index (χ3v) is 3.30. The van der Waals surface area contributed by atoms with Gasteiger partial charge in [-0.15, -0.1) is 0 Å². The number of rotatable bonds is 2. The fraction of sp³-hybridized carbons (Fsp3) is 0.364. The Hall–Kier alpha value is -0.880. The summed E-state index contributed by atoms with van der Waals surface area (Å²) in [6.45, 7) is 6.36. The third-order valence-electron chi connectivity index (χ3n) is 1.91. The molecule has 6 heteroatoms. The molecule has 2 aromatic rings. The highest BCUT2D eigenvalue weighted by Gasteiger charge is 2.10. The van der Waals surface area contributed by atoms with Crippen LogP contribution in [-0.4, -0.2) is 26.1 Å². The zero-order chi connectivity index (χ0) is 12.5. The highest BCUT2D eigenvalue weighted by Crippen LogP contribution is 2.25. The largest absolute Gasteiger partial charge is 0.261 e. The summed E-state index contributed by atoms with van der Waals surface area (Å²) >= 11 is 5.01. The van der Waals surface area contributed by atoms with Crippen LogP contribution in [0.4, 0.5) is 0 Å². The summed E-state index contributed by atoms with van der Waals surface area (Å²) in [7, 11) is 0. The van der Waals surface area contributed by atoms with Crippen molar-refractivity contribution in [3.63, 3.8) is 0 Å². The number of hydrogen-bond acceptors (Lipinski definition) is 4. The Morgan fingerprint density at radius 1 is 1.47 bits per heavy atom. The van der Waals surface area contributed by atoms with Gasteiger partial charge in [-0.3, -0.25) is 5.10 Å². The van der Waals surface area contributed by atoms with E-state index in [1.165, 1.54) is 11.9 Å². The maximum Gasteiger partial charge on any atom is 0.155 e. The minimum atomic E-state index is 0.112. The van der Waals surface area contributed by atoms with Crippen LogP contribution in [0.5, 0.6) is 0 Å². The highest BCUT2D eigenvalue weighted by molar-refractivity contribution is 9.10. The summed E-state index contributed by atoms with van der Waals surface area (Å²) in [6, 6.07) is 1.98. The number of hydrogen-bond donors (Lipinski definition) is 1. The van der Waals surface area contributed by atoms with Crippen LogP contribution < -0.4 is 0 Å². The van der Waals surface area contributed by atoms with Gasteiger partial charge in [0.2, 0.25) is 0 Å². The van der Waals surface area contributed by atoms with Gasteiger partial charge in [-0.2, -0.15) is 5.10 Å². The minimum Gasteiger partial charge on any atom is -0.261 e. The van der Waals surface area contributed by atoms with Crippen LogP contribution in [0.25, 0.3) is 11.0 Å². The standard InChI is InChI=1S/C11H13BrN4S/c1-11(2,3)17-14-6-9-8(12)4-7-5-13-16-10(7)15-9/h4-6H,1-3H3,(H,13,15,16)/b14-6+. The van der Waals surface area contributed by atoms with Gasteiger partial charge in [0, 0.05) is 14.6 Å².